The molecule has 3 rings (SSSR count). The van der Waals surface area contributed by atoms with Crippen LogP contribution in [0.25, 0.3) is 0 Å². The van der Waals surface area contributed by atoms with Crippen LogP contribution in [0.3, 0.4) is 0 Å². The average molecular weight is 467 g/mol. The van der Waals surface area contributed by atoms with Gasteiger partial charge < -0.3 is 20.1 Å². The standard InChI is InChI=1S/C25H34N6O3/c1-18(2)34-24-12-20(6-7-27-19(3)17-31-8-10-33-11-9-31)4-5-23(24)30-25(32)13-21-15-29-22(14-26)16-28-21/h4-5,12,15-16,18-19,27H,6-11,13,17H2,1-3H3,(H,30,32). The molecular formula is C25H34N6O3. The minimum Gasteiger partial charge on any atom is -0.489 e. The Bertz CT molecular complexity index is 968. The largest absolute Gasteiger partial charge is 0.489 e. The fourth-order valence-corrected chi connectivity index (χ4v) is 3.74. The van der Waals surface area contributed by atoms with Gasteiger partial charge in [0.2, 0.25) is 5.91 Å². The van der Waals surface area contributed by atoms with Crippen LogP contribution in [-0.2, 0) is 22.4 Å². The zero-order valence-electron chi connectivity index (χ0n) is 20.2. The minimum absolute atomic E-state index is 0.0260. The normalized spacial score (nSPS) is 15.0. The molecule has 34 heavy (non-hydrogen) atoms. The first-order valence-electron chi connectivity index (χ1n) is 11.8. The predicted octanol–water partition coefficient (Wildman–Crippen LogP) is 2.17. The molecule has 1 fully saturated rings. The van der Waals surface area contributed by atoms with E-state index in [1.165, 1.54) is 12.4 Å². The van der Waals surface area contributed by atoms with Crippen LogP contribution >= 0.6 is 0 Å². The maximum absolute atomic E-state index is 12.5. The van der Waals surface area contributed by atoms with Crippen LogP contribution in [0.4, 0.5) is 5.69 Å². The first-order valence-corrected chi connectivity index (χ1v) is 11.8. The van der Waals surface area contributed by atoms with Crippen LogP contribution in [0.15, 0.2) is 30.6 Å². The van der Waals surface area contributed by atoms with Gasteiger partial charge in [0.15, 0.2) is 5.69 Å². The fourth-order valence-electron chi connectivity index (χ4n) is 3.74. The summed E-state index contributed by atoms with van der Waals surface area (Å²) in [5.41, 5.74) is 2.48. The van der Waals surface area contributed by atoms with Gasteiger partial charge in [0, 0.05) is 25.7 Å². The van der Waals surface area contributed by atoms with Gasteiger partial charge in [0.05, 0.1) is 49.5 Å². The van der Waals surface area contributed by atoms with Crippen LogP contribution in [0, 0.1) is 11.3 Å². The second kappa shape index (κ2) is 13.0. The highest BCUT2D eigenvalue weighted by atomic mass is 16.5. The van der Waals surface area contributed by atoms with E-state index in [0.717, 1.165) is 51.4 Å². The summed E-state index contributed by atoms with van der Waals surface area (Å²) in [5.74, 6) is 0.423. The SMILES string of the molecule is CC(CN1CCOCC1)NCCc1ccc(NC(=O)Cc2cnc(C#N)cn2)c(OC(C)C)c1. The van der Waals surface area contributed by atoms with Gasteiger partial charge in [0.25, 0.3) is 0 Å². The van der Waals surface area contributed by atoms with Crippen molar-refractivity contribution < 1.29 is 14.3 Å². The van der Waals surface area contributed by atoms with E-state index in [1.54, 1.807) is 0 Å². The first-order chi connectivity index (χ1) is 16.4. The Kier molecular flexibility index (Phi) is 9.76. The summed E-state index contributed by atoms with van der Waals surface area (Å²) >= 11 is 0. The number of ether oxygens (including phenoxy) is 2. The molecule has 1 aromatic carbocycles. The Morgan fingerprint density at radius 1 is 1.24 bits per heavy atom. The predicted molar refractivity (Wildman–Crippen MR) is 130 cm³/mol. The number of rotatable bonds is 11. The zero-order chi connectivity index (χ0) is 24.3. The van der Waals surface area contributed by atoms with Crippen LogP contribution in [0.2, 0.25) is 0 Å². The number of carbonyl (C=O) groups is 1. The number of amides is 1. The highest BCUT2D eigenvalue weighted by molar-refractivity contribution is 5.93. The van der Waals surface area contributed by atoms with E-state index in [9.17, 15) is 4.79 Å². The van der Waals surface area contributed by atoms with E-state index in [-0.39, 0.29) is 24.1 Å². The number of nitriles is 1. The monoisotopic (exact) mass is 466 g/mol. The smallest absolute Gasteiger partial charge is 0.230 e. The number of hydrogen-bond acceptors (Lipinski definition) is 8. The molecule has 2 N–H and O–H groups in total. The van der Waals surface area contributed by atoms with Crippen molar-refractivity contribution in [3.63, 3.8) is 0 Å². The number of aromatic nitrogens is 2. The van der Waals surface area contributed by atoms with Gasteiger partial charge in [-0.2, -0.15) is 5.26 Å². The Labute approximate surface area is 201 Å². The first kappa shape index (κ1) is 25.6. The third kappa shape index (κ3) is 8.37. The third-order valence-electron chi connectivity index (χ3n) is 5.39. The molecular weight excluding hydrogens is 432 g/mol. The van der Waals surface area contributed by atoms with Crippen molar-refractivity contribution in [2.24, 2.45) is 0 Å². The highest BCUT2D eigenvalue weighted by Gasteiger charge is 2.14. The molecule has 9 nitrogen and oxygen atoms in total. The van der Waals surface area contributed by atoms with Crippen LogP contribution < -0.4 is 15.4 Å². The molecule has 1 aliphatic heterocycles. The van der Waals surface area contributed by atoms with Crippen molar-refractivity contribution in [2.45, 2.75) is 45.8 Å². The maximum Gasteiger partial charge on any atom is 0.230 e. The highest BCUT2D eigenvalue weighted by Crippen LogP contribution is 2.27. The number of anilines is 1. The summed E-state index contributed by atoms with van der Waals surface area (Å²) in [4.78, 5) is 23.0. The van der Waals surface area contributed by atoms with Crippen molar-refractivity contribution >= 4 is 11.6 Å². The number of morpholine rings is 1. The lowest BCUT2D eigenvalue weighted by atomic mass is 10.1. The van der Waals surface area contributed by atoms with Crippen molar-refractivity contribution in [1.82, 2.24) is 20.2 Å². The number of benzene rings is 1. The summed E-state index contributed by atoms with van der Waals surface area (Å²) in [6.07, 6.45) is 3.70. The molecule has 1 unspecified atom stereocenters. The lowest BCUT2D eigenvalue weighted by molar-refractivity contribution is -0.115. The van der Waals surface area contributed by atoms with Crippen molar-refractivity contribution in [1.29, 1.82) is 5.26 Å². The number of nitrogens with zero attached hydrogens (tertiary/aromatic N) is 4. The second-order valence-electron chi connectivity index (χ2n) is 8.75. The van der Waals surface area contributed by atoms with Gasteiger partial charge in [-0.25, -0.2) is 4.98 Å². The van der Waals surface area contributed by atoms with Crippen molar-refractivity contribution in [2.75, 3.05) is 44.7 Å². The quantitative estimate of drug-likeness (QED) is 0.518. The van der Waals surface area contributed by atoms with E-state index in [4.69, 9.17) is 14.7 Å². The van der Waals surface area contributed by atoms with E-state index < -0.39 is 0 Å². The molecule has 2 heterocycles. The van der Waals surface area contributed by atoms with Gasteiger partial charge in [0.1, 0.15) is 11.8 Å². The van der Waals surface area contributed by atoms with E-state index in [1.807, 2.05) is 38.1 Å². The van der Waals surface area contributed by atoms with Crippen LogP contribution in [0.1, 0.15) is 37.7 Å². The molecule has 1 amide bonds. The van der Waals surface area contributed by atoms with Gasteiger partial charge in [-0.15, -0.1) is 0 Å². The molecule has 1 atom stereocenters. The summed E-state index contributed by atoms with van der Waals surface area (Å²) in [6.45, 7) is 11.6. The number of nitrogens with one attached hydrogen (secondary N) is 2. The van der Waals surface area contributed by atoms with E-state index in [0.29, 0.717) is 23.2 Å². The summed E-state index contributed by atoms with van der Waals surface area (Å²) in [5, 5.41) is 15.3. The minimum atomic E-state index is -0.223. The third-order valence-corrected chi connectivity index (χ3v) is 5.39. The van der Waals surface area contributed by atoms with E-state index in [2.05, 4.69) is 32.4 Å². The topological polar surface area (TPSA) is 112 Å². The van der Waals surface area contributed by atoms with Gasteiger partial charge >= 0.3 is 0 Å². The lowest BCUT2D eigenvalue weighted by Gasteiger charge is -2.29. The van der Waals surface area contributed by atoms with Crippen LogP contribution in [0.5, 0.6) is 5.75 Å². The van der Waals surface area contributed by atoms with Crippen molar-refractivity contribution in [3.8, 4) is 11.8 Å². The summed E-state index contributed by atoms with van der Waals surface area (Å²) in [7, 11) is 0. The molecule has 0 bridgehead atoms. The molecule has 1 saturated heterocycles. The fraction of sp³-hybridized carbons (Fsp3) is 0.520. The van der Waals surface area contributed by atoms with Crippen LogP contribution in [-0.4, -0.2) is 72.3 Å². The van der Waals surface area contributed by atoms with Crippen molar-refractivity contribution in [3.05, 3.63) is 47.5 Å². The van der Waals surface area contributed by atoms with Gasteiger partial charge in [-0.3, -0.25) is 14.7 Å². The summed E-state index contributed by atoms with van der Waals surface area (Å²) < 4.78 is 11.4. The maximum atomic E-state index is 12.5. The molecule has 2 aromatic rings. The lowest BCUT2D eigenvalue weighted by Crippen LogP contribution is -2.44. The Balaban J connectivity index is 1.54. The average Bonchev–Trinajstić information content (AvgIpc) is 2.81. The van der Waals surface area contributed by atoms with Gasteiger partial charge in [-0.05, 0) is 51.4 Å². The Morgan fingerprint density at radius 2 is 2.03 bits per heavy atom. The molecule has 182 valence electrons. The molecule has 0 aliphatic carbocycles. The molecule has 0 radical (unpaired) electrons. The second-order valence-corrected chi connectivity index (χ2v) is 8.75. The zero-order valence-corrected chi connectivity index (χ0v) is 20.2. The van der Waals surface area contributed by atoms with E-state index >= 15 is 0 Å². The Hall–Kier alpha value is -3.06. The number of carbonyl (C=O) groups excluding carboxylic acids is 1. The molecule has 1 aliphatic rings. The van der Waals surface area contributed by atoms with Gasteiger partial charge in [-0.1, -0.05) is 6.07 Å². The Morgan fingerprint density at radius 3 is 2.71 bits per heavy atom. The molecule has 1 aromatic heterocycles. The molecule has 0 spiro atoms. The molecule has 9 heteroatoms. The molecule has 0 saturated carbocycles. The summed E-state index contributed by atoms with van der Waals surface area (Å²) in [6, 6.07) is 8.20. The number of hydrogen-bond donors (Lipinski definition) is 2.